The first-order valence-corrected chi connectivity index (χ1v) is 9.11. The van der Waals surface area contributed by atoms with Crippen LogP contribution in [0.2, 0.25) is 0 Å². The van der Waals surface area contributed by atoms with E-state index in [1.165, 1.54) is 5.56 Å². The Morgan fingerprint density at radius 2 is 1.70 bits per heavy atom. The van der Waals surface area contributed by atoms with E-state index in [0.29, 0.717) is 17.2 Å². The quantitative estimate of drug-likeness (QED) is 0.706. The van der Waals surface area contributed by atoms with Gasteiger partial charge in [0.15, 0.2) is 0 Å². The zero-order valence-corrected chi connectivity index (χ0v) is 15.9. The lowest BCUT2D eigenvalue weighted by Gasteiger charge is -2.07. The highest BCUT2D eigenvalue weighted by molar-refractivity contribution is 5.98. The van der Waals surface area contributed by atoms with Gasteiger partial charge in [-0.1, -0.05) is 56.3 Å². The fourth-order valence-corrected chi connectivity index (χ4v) is 3.12. The number of carbonyl (C=O) groups is 2. The van der Waals surface area contributed by atoms with Crippen molar-refractivity contribution in [2.45, 2.75) is 26.2 Å². The summed E-state index contributed by atoms with van der Waals surface area (Å²) in [5.74, 6) is 0.176. The molecule has 0 saturated carbocycles. The lowest BCUT2D eigenvalue weighted by molar-refractivity contribution is -0.115. The Kier molecular flexibility index (Phi) is 5.55. The first-order valence-electron chi connectivity index (χ1n) is 9.11. The summed E-state index contributed by atoms with van der Waals surface area (Å²) < 4.78 is 0. The molecule has 0 aliphatic heterocycles. The molecule has 3 rings (SSSR count). The number of nitrogens with one attached hydrogen (secondary N) is 2. The molecule has 27 heavy (non-hydrogen) atoms. The zero-order valence-electron chi connectivity index (χ0n) is 15.9. The van der Waals surface area contributed by atoms with Gasteiger partial charge >= 0.3 is 0 Å². The number of rotatable bonds is 5. The fourth-order valence-electron chi connectivity index (χ4n) is 3.12. The molecule has 0 unspecified atom stereocenters. The van der Waals surface area contributed by atoms with E-state index >= 15 is 0 Å². The number of amides is 2. The molecular formula is C23H24N2O2. The predicted octanol–water partition coefficient (Wildman–Crippen LogP) is 4.46. The van der Waals surface area contributed by atoms with Crippen molar-refractivity contribution in [1.29, 1.82) is 0 Å². The minimum Gasteiger partial charge on any atom is -0.355 e. The molecule has 0 aromatic heterocycles. The van der Waals surface area contributed by atoms with E-state index in [9.17, 15) is 9.59 Å². The highest BCUT2D eigenvalue weighted by Crippen LogP contribution is 2.29. The van der Waals surface area contributed by atoms with Gasteiger partial charge in [-0.05, 0) is 46.4 Å². The van der Waals surface area contributed by atoms with E-state index in [1.807, 2.05) is 12.1 Å². The second-order valence-electron chi connectivity index (χ2n) is 6.93. The first-order chi connectivity index (χ1) is 13.0. The Morgan fingerprint density at radius 3 is 2.44 bits per heavy atom. The smallest absolute Gasteiger partial charge is 0.251 e. The zero-order chi connectivity index (χ0) is 19.4. The second-order valence-corrected chi connectivity index (χ2v) is 6.93. The highest BCUT2D eigenvalue weighted by Gasteiger charge is 2.13. The highest BCUT2D eigenvalue weighted by atomic mass is 16.2. The van der Waals surface area contributed by atoms with Gasteiger partial charge < -0.3 is 10.6 Å². The molecule has 0 bridgehead atoms. The Balaban J connectivity index is 1.76. The van der Waals surface area contributed by atoms with Crippen LogP contribution in [0.4, 0.5) is 5.69 Å². The molecule has 0 radical (unpaired) electrons. The Hall–Kier alpha value is -3.14. The Morgan fingerprint density at radius 1 is 0.963 bits per heavy atom. The van der Waals surface area contributed by atoms with Crippen molar-refractivity contribution in [2.75, 3.05) is 12.4 Å². The number of carbonyl (C=O) groups excluding carboxylic acids is 2. The standard InChI is InChI=1S/C23H24N2O2/c1-15(2)16-7-8-17-9-10-18(21(17)12-11-16)14-22(26)25-20-6-4-5-19(13-20)23(27)24-3/h4-13,15H,14H2,1-3H3,(H,24,27)(H,25,26). The molecule has 0 fully saturated rings. The van der Waals surface area contributed by atoms with E-state index in [-0.39, 0.29) is 18.2 Å². The third kappa shape index (κ3) is 4.34. The summed E-state index contributed by atoms with van der Waals surface area (Å²) in [6.45, 7) is 4.34. The number of fused-ring (bicyclic) bond motifs is 1. The van der Waals surface area contributed by atoms with Crippen LogP contribution in [0.25, 0.3) is 11.1 Å². The number of hydrogen-bond donors (Lipinski definition) is 2. The van der Waals surface area contributed by atoms with Crippen molar-refractivity contribution in [1.82, 2.24) is 5.32 Å². The van der Waals surface area contributed by atoms with Gasteiger partial charge in [-0.25, -0.2) is 0 Å². The summed E-state index contributed by atoms with van der Waals surface area (Å²) in [6, 6.07) is 19.4. The molecule has 4 heteroatoms. The summed E-state index contributed by atoms with van der Waals surface area (Å²) >= 11 is 0. The van der Waals surface area contributed by atoms with Crippen molar-refractivity contribution in [3.63, 3.8) is 0 Å². The van der Waals surface area contributed by atoms with E-state index in [4.69, 9.17) is 0 Å². The molecular weight excluding hydrogens is 336 g/mol. The molecule has 138 valence electrons. The van der Waals surface area contributed by atoms with Crippen LogP contribution in [0.15, 0.2) is 60.7 Å². The second kappa shape index (κ2) is 8.04. The van der Waals surface area contributed by atoms with Crippen LogP contribution in [-0.4, -0.2) is 18.9 Å². The van der Waals surface area contributed by atoms with Crippen molar-refractivity contribution in [3.05, 3.63) is 77.4 Å². The molecule has 1 aromatic rings. The van der Waals surface area contributed by atoms with Gasteiger partial charge in [0.05, 0.1) is 6.42 Å². The largest absolute Gasteiger partial charge is 0.355 e. The molecule has 0 spiro atoms. The lowest BCUT2D eigenvalue weighted by Crippen LogP contribution is -2.19. The van der Waals surface area contributed by atoms with Crippen molar-refractivity contribution in [3.8, 4) is 11.1 Å². The summed E-state index contributed by atoms with van der Waals surface area (Å²) in [6.07, 6.45) is 0.286. The molecule has 0 atom stereocenters. The molecule has 0 saturated heterocycles. The predicted molar refractivity (Wildman–Crippen MR) is 109 cm³/mol. The van der Waals surface area contributed by atoms with Gasteiger partial charge in [0, 0.05) is 18.3 Å². The monoisotopic (exact) mass is 360 g/mol. The summed E-state index contributed by atoms with van der Waals surface area (Å²) in [5, 5.41) is 5.46. The maximum atomic E-state index is 12.5. The van der Waals surface area contributed by atoms with Gasteiger partial charge in [0.1, 0.15) is 0 Å². The summed E-state index contributed by atoms with van der Waals surface area (Å²) in [7, 11) is 1.58. The van der Waals surface area contributed by atoms with Gasteiger partial charge in [0.25, 0.3) is 5.91 Å². The maximum Gasteiger partial charge on any atom is 0.251 e. The maximum absolute atomic E-state index is 12.5. The Bertz CT molecular complexity index is 947. The Labute approximate surface area is 160 Å². The summed E-state index contributed by atoms with van der Waals surface area (Å²) in [4.78, 5) is 24.3. The van der Waals surface area contributed by atoms with E-state index < -0.39 is 0 Å². The van der Waals surface area contributed by atoms with Gasteiger partial charge in [-0.3, -0.25) is 9.59 Å². The van der Waals surface area contributed by atoms with E-state index in [2.05, 4.69) is 48.7 Å². The van der Waals surface area contributed by atoms with E-state index in [1.54, 1.807) is 31.3 Å². The summed E-state index contributed by atoms with van der Waals surface area (Å²) in [5.41, 5.74) is 5.62. The van der Waals surface area contributed by atoms with Crippen LogP contribution >= 0.6 is 0 Å². The van der Waals surface area contributed by atoms with Crippen LogP contribution in [-0.2, 0) is 11.2 Å². The van der Waals surface area contributed by atoms with Crippen LogP contribution in [0.5, 0.6) is 0 Å². The number of anilines is 1. The van der Waals surface area contributed by atoms with E-state index in [0.717, 1.165) is 16.7 Å². The van der Waals surface area contributed by atoms with Crippen molar-refractivity contribution >= 4 is 17.5 Å². The molecule has 0 heterocycles. The molecule has 1 aromatic carbocycles. The average molecular weight is 360 g/mol. The SMILES string of the molecule is CNC(=O)c1cccc(NC(=O)Cc2ccc3ccc(C(C)C)ccc2-3)c1. The minimum atomic E-state index is -0.179. The third-order valence-electron chi connectivity index (χ3n) is 4.67. The fraction of sp³-hybridized carbons (Fsp3) is 0.217. The molecule has 2 aliphatic rings. The van der Waals surface area contributed by atoms with Crippen LogP contribution in [0, 0.1) is 0 Å². The van der Waals surface area contributed by atoms with Crippen molar-refractivity contribution in [2.24, 2.45) is 0 Å². The first kappa shape index (κ1) is 18.6. The lowest BCUT2D eigenvalue weighted by atomic mass is 10.1. The third-order valence-corrected chi connectivity index (χ3v) is 4.67. The molecule has 4 nitrogen and oxygen atoms in total. The average Bonchev–Trinajstić information content (AvgIpc) is 2.89. The number of hydrogen-bond acceptors (Lipinski definition) is 2. The van der Waals surface area contributed by atoms with Gasteiger partial charge in [0.2, 0.25) is 5.91 Å². The molecule has 2 amide bonds. The van der Waals surface area contributed by atoms with Gasteiger partial charge in [-0.15, -0.1) is 0 Å². The van der Waals surface area contributed by atoms with Crippen molar-refractivity contribution < 1.29 is 9.59 Å². The topological polar surface area (TPSA) is 58.2 Å². The number of benzene rings is 1. The van der Waals surface area contributed by atoms with Gasteiger partial charge in [-0.2, -0.15) is 0 Å². The van der Waals surface area contributed by atoms with Crippen LogP contribution in [0.3, 0.4) is 0 Å². The van der Waals surface area contributed by atoms with Crippen LogP contribution < -0.4 is 10.6 Å². The minimum absolute atomic E-state index is 0.104. The molecule has 2 aliphatic carbocycles. The normalized spacial score (nSPS) is 10.8. The molecule has 2 N–H and O–H groups in total. The van der Waals surface area contributed by atoms with Crippen LogP contribution in [0.1, 0.15) is 41.3 Å².